The molecule has 1 amide bonds. The van der Waals surface area contributed by atoms with E-state index in [2.05, 4.69) is 29.7 Å². The van der Waals surface area contributed by atoms with Crippen molar-refractivity contribution in [2.75, 3.05) is 11.9 Å². The van der Waals surface area contributed by atoms with Gasteiger partial charge in [0.2, 0.25) is 5.91 Å². The molecular weight excluding hydrogens is 200 g/mol. The Hall–Kier alpha value is -1.35. The molecule has 1 atom stereocenters. The molecule has 2 heterocycles. The fraction of sp³-hybridized carbons (Fsp3) is 0.462. The van der Waals surface area contributed by atoms with E-state index in [-0.39, 0.29) is 11.4 Å². The first-order valence-electron chi connectivity index (χ1n) is 5.65. The lowest BCUT2D eigenvalue weighted by Crippen LogP contribution is -2.27. The van der Waals surface area contributed by atoms with Crippen molar-refractivity contribution in [3.8, 4) is 0 Å². The number of carbonyl (C=O) groups is 1. The normalized spacial score (nSPS) is 29.8. The summed E-state index contributed by atoms with van der Waals surface area (Å²) in [5, 5.41) is 6.28. The summed E-state index contributed by atoms with van der Waals surface area (Å²) in [6.07, 6.45) is 0. The van der Waals surface area contributed by atoms with Gasteiger partial charge >= 0.3 is 0 Å². The van der Waals surface area contributed by atoms with E-state index in [4.69, 9.17) is 0 Å². The van der Waals surface area contributed by atoms with Crippen molar-refractivity contribution in [3.05, 3.63) is 29.3 Å². The highest BCUT2D eigenvalue weighted by atomic mass is 16.2. The maximum absolute atomic E-state index is 11.8. The minimum absolute atomic E-state index is 0.0913. The van der Waals surface area contributed by atoms with E-state index >= 15 is 0 Å². The number of benzene rings is 1. The van der Waals surface area contributed by atoms with Crippen LogP contribution in [-0.4, -0.2) is 12.5 Å². The first kappa shape index (κ1) is 9.85. The maximum atomic E-state index is 11.8. The number of anilines is 1. The Labute approximate surface area is 95.2 Å². The molecule has 3 nitrogen and oxygen atoms in total. The molecule has 2 aliphatic rings. The SMILES string of the molecule is CC1(c2ccc3c(c2)C(C)(C)C(=O)N3)CN1. The van der Waals surface area contributed by atoms with Gasteiger partial charge < -0.3 is 10.6 Å². The second kappa shape index (κ2) is 2.66. The van der Waals surface area contributed by atoms with Gasteiger partial charge in [0, 0.05) is 12.2 Å². The number of hydrogen-bond acceptors (Lipinski definition) is 2. The molecule has 1 aromatic carbocycles. The van der Waals surface area contributed by atoms with E-state index < -0.39 is 5.41 Å². The molecule has 1 fully saturated rings. The first-order valence-corrected chi connectivity index (χ1v) is 5.65. The molecule has 1 unspecified atom stereocenters. The Morgan fingerprint density at radius 1 is 1.25 bits per heavy atom. The molecule has 0 aliphatic carbocycles. The molecule has 0 radical (unpaired) electrons. The van der Waals surface area contributed by atoms with Gasteiger partial charge in [-0.2, -0.15) is 0 Å². The molecule has 84 valence electrons. The smallest absolute Gasteiger partial charge is 0.234 e. The predicted molar refractivity (Wildman–Crippen MR) is 63.5 cm³/mol. The molecule has 0 aromatic heterocycles. The second-order valence-corrected chi connectivity index (χ2v) is 5.53. The van der Waals surface area contributed by atoms with Gasteiger partial charge in [0.1, 0.15) is 0 Å². The molecule has 2 aliphatic heterocycles. The Morgan fingerprint density at radius 2 is 1.94 bits per heavy atom. The summed E-state index contributed by atoms with van der Waals surface area (Å²) in [5.74, 6) is 0.0913. The van der Waals surface area contributed by atoms with Crippen molar-refractivity contribution in [1.29, 1.82) is 0 Å². The quantitative estimate of drug-likeness (QED) is 0.702. The van der Waals surface area contributed by atoms with Crippen LogP contribution in [0.2, 0.25) is 0 Å². The van der Waals surface area contributed by atoms with E-state index in [1.54, 1.807) is 0 Å². The van der Waals surface area contributed by atoms with Crippen molar-refractivity contribution in [2.24, 2.45) is 0 Å². The fourth-order valence-electron chi connectivity index (χ4n) is 2.25. The van der Waals surface area contributed by atoms with Crippen LogP contribution < -0.4 is 10.6 Å². The predicted octanol–water partition coefficient (Wildman–Crippen LogP) is 1.73. The van der Waals surface area contributed by atoms with Crippen LogP contribution in [0.25, 0.3) is 0 Å². The lowest BCUT2D eigenvalue weighted by Gasteiger charge is -2.17. The third-order valence-corrected chi connectivity index (χ3v) is 3.85. The molecule has 3 heteroatoms. The van der Waals surface area contributed by atoms with Gasteiger partial charge in [-0.25, -0.2) is 0 Å². The maximum Gasteiger partial charge on any atom is 0.234 e. The largest absolute Gasteiger partial charge is 0.325 e. The lowest BCUT2D eigenvalue weighted by atomic mass is 9.84. The first-order chi connectivity index (χ1) is 7.43. The second-order valence-electron chi connectivity index (χ2n) is 5.53. The zero-order chi connectivity index (χ0) is 11.6. The standard InChI is InChI=1S/C13H16N2O/c1-12(2)9-6-8(13(3)7-14-13)4-5-10(9)15-11(12)16/h4-6,14H,7H2,1-3H3,(H,15,16). The Balaban J connectivity index is 2.13. The molecule has 0 saturated carbocycles. The zero-order valence-electron chi connectivity index (χ0n) is 9.85. The van der Waals surface area contributed by atoms with Gasteiger partial charge in [-0.15, -0.1) is 0 Å². The van der Waals surface area contributed by atoms with Gasteiger partial charge in [0.15, 0.2) is 0 Å². The van der Waals surface area contributed by atoms with Gasteiger partial charge in [-0.3, -0.25) is 4.79 Å². The van der Waals surface area contributed by atoms with E-state index in [0.29, 0.717) is 0 Å². The molecule has 1 aromatic rings. The minimum atomic E-state index is -0.406. The monoisotopic (exact) mass is 216 g/mol. The van der Waals surface area contributed by atoms with Crippen LogP contribution in [0.4, 0.5) is 5.69 Å². The molecule has 1 saturated heterocycles. The zero-order valence-corrected chi connectivity index (χ0v) is 9.85. The van der Waals surface area contributed by atoms with Crippen molar-refractivity contribution < 1.29 is 4.79 Å². The topological polar surface area (TPSA) is 51.0 Å². The summed E-state index contributed by atoms with van der Waals surface area (Å²) < 4.78 is 0. The Bertz CT molecular complexity index is 487. The van der Waals surface area contributed by atoms with E-state index in [0.717, 1.165) is 17.8 Å². The minimum Gasteiger partial charge on any atom is -0.325 e. The number of fused-ring (bicyclic) bond motifs is 1. The van der Waals surface area contributed by atoms with Crippen LogP contribution in [0.1, 0.15) is 31.9 Å². The van der Waals surface area contributed by atoms with Crippen molar-refractivity contribution in [2.45, 2.75) is 31.7 Å². The number of amides is 1. The summed E-state index contributed by atoms with van der Waals surface area (Å²) in [4.78, 5) is 11.8. The average molecular weight is 216 g/mol. The molecular formula is C13H16N2O. The number of hydrogen-bond donors (Lipinski definition) is 2. The third kappa shape index (κ3) is 1.15. The van der Waals surface area contributed by atoms with Crippen LogP contribution in [-0.2, 0) is 15.7 Å². The summed E-state index contributed by atoms with van der Waals surface area (Å²) in [7, 11) is 0. The summed E-state index contributed by atoms with van der Waals surface area (Å²) in [6.45, 7) is 7.15. The van der Waals surface area contributed by atoms with Crippen LogP contribution in [0.3, 0.4) is 0 Å². The van der Waals surface area contributed by atoms with Crippen LogP contribution in [0.5, 0.6) is 0 Å². The Kier molecular flexibility index (Phi) is 1.64. The summed E-state index contributed by atoms with van der Waals surface area (Å²) >= 11 is 0. The highest BCUT2D eigenvalue weighted by molar-refractivity contribution is 6.05. The highest BCUT2D eigenvalue weighted by Crippen LogP contribution is 2.40. The molecule has 0 spiro atoms. The Morgan fingerprint density at radius 3 is 2.56 bits per heavy atom. The van der Waals surface area contributed by atoms with Crippen LogP contribution in [0, 0.1) is 0 Å². The summed E-state index contributed by atoms with van der Waals surface area (Å²) in [6, 6.07) is 6.27. The number of carbonyl (C=O) groups excluding carboxylic acids is 1. The molecule has 2 N–H and O–H groups in total. The van der Waals surface area contributed by atoms with Gasteiger partial charge in [-0.05, 0) is 38.0 Å². The molecule has 0 bridgehead atoms. The van der Waals surface area contributed by atoms with Crippen LogP contribution >= 0.6 is 0 Å². The van der Waals surface area contributed by atoms with Crippen molar-refractivity contribution >= 4 is 11.6 Å². The van der Waals surface area contributed by atoms with Crippen molar-refractivity contribution in [3.63, 3.8) is 0 Å². The lowest BCUT2D eigenvalue weighted by molar-refractivity contribution is -0.119. The van der Waals surface area contributed by atoms with Gasteiger partial charge in [-0.1, -0.05) is 12.1 Å². The van der Waals surface area contributed by atoms with Crippen LogP contribution in [0.15, 0.2) is 18.2 Å². The van der Waals surface area contributed by atoms with E-state index in [1.165, 1.54) is 5.56 Å². The van der Waals surface area contributed by atoms with Gasteiger partial charge in [0.25, 0.3) is 0 Å². The third-order valence-electron chi connectivity index (χ3n) is 3.85. The average Bonchev–Trinajstić information content (AvgIpc) is 2.92. The van der Waals surface area contributed by atoms with Crippen molar-refractivity contribution in [1.82, 2.24) is 5.32 Å². The molecule has 3 rings (SSSR count). The summed E-state index contributed by atoms with van der Waals surface area (Å²) in [5.41, 5.74) is 3.07. The molecule has 16 heavy (non-hydrogen) atoms. The number of rotatable bonds is 1. The van der Waals surface area contributed by atoms with E-state index in [1.807, 2.05) is 19.9 Å². The van der Waals surface area contributed by atoms with Gasteiger partial charge in [0.05, 0.1) is 11.0 Å². The fourth-order valence-corrected chi connectivity index (χ4v) is 2.25. The van der Waals surface area contributed by atoms with E-state index in [9.17, 15) is 4.79 Å². The number of nitrogens with one attached hydrogen (secondary N) is 2. The highest BCUT2D eigenvalue weighted by Gasteiger charge is 2.42.